The third-order valence-electron chi connectivity index (χ3n) is 7.01. The minimum atomic E-state index is -0.710. The van der Waals surface area contributed by atoms with E-state index in [2.05, 4.69) is 22.5 Å². The summed E-state index contributed by atoms with van der Waals surface area (Å²) in [6, 6.07) is 11.2. The Kier molecular flexibility index (Phi) is 4.12. The highest BCUT2D eigenvalue weighted by Crippen LogP contribution is 2.58. The van der Waals surface area contributed by atoms with E-state index in [1.54, 1.807) is 18.5 Å². The first-order chi connectivity index (χ1) is 14.0. The minimum absolute atomic E-state index is 0.0819. The zero-order valence-electron chi connectivity index (χ0n) is 16.5. The molecule has 0 radical (unpaired) electrons. The van der Waals surface area contributed by atoms with Gasteiger partial charge in [-0.2, -0.15) is 0 Å². The molecule has 1 spiro atoms. The number of carbonyl (C=O) groups excluding carboxylic acids is 2. The van der Waals surface area contributed by atoms with Crippen LogP contribution in [-0.2, 0) is 11.3 Å². The Bertz CT molecular complexity index is 963. The molecule has 2 N–H and O–H groups in total. The summed E-state index contributed by atoms with van der Waals surface area (Å²) in [7, 11) is 0. The maximum atomic E-state index is 13.0. The molecule has 29 heavy (non-hydrogen) atoms. The Morgan fingerprint density at radius 3 is 2.97 bits per heavy atom. The molecule has 2 aromatic rings. The van der Waals surface area contributed by atoms with Crippen LogP contribution in [0, 0.1) is 17.3 Å². The number of hydrogen-bond acceptors (Lipinski definition) is 4. The number of nitrogens with one attached hydrogen (secondary N) is 2. The normalized spacial score (nSPS) is 32.2. The third-order valence-corrected chi connectivity index (χ3v) is 7.01. The number of nitrogens with zero attached hydrogens (tertiary/aromatic N) is 1. The lowest BCUT2D eigenvalue weighted by molar-refractivity contribution is -0.167. The van der Waals surface area contributed by atoms with E-state index in [1.807, 2.05) is 30.3 Å². The largest absolute Gasteiger partial charge is 0.467 e. The molecule has 2 heterocycles. The monoisotopic (exact) mass is 391 g/mol. The van der Waals surface area contributed by atoms with Crippen molar-refractivity contribution in [3.8, 4) is 5.75 Å². The fourth-order valence-electron chi connectivity index (χ4n) is 5.47. The number of para-hydroxylation sites is 1. The van der Waals surface area contributed by atoms with Gasteiger partial charge in [0.15, 0.2) is 5.72 Å². The Labute approximate surface area is 170 Å². The maximum absolute atomic E-state index is 13.0. The Hall–Kier alpha value is -2.89. The fourth-order valence-corrected chi connectivity index (χ4v) is 5.47. The van der Waals surface area contributed by atoms with Crippen LogP contribution in [0.25, 0.3) is 0 Å². The van der Waals surface area contributed by atoms with Crippen LogP contribution in [0.5, 0.6) is 5.75 Å². The van der Waals surface area contributed by atoms with Crippen molar-refractivity contribution in [2.24, 2.45) is 17.3 Å². The molecule has 3 saturated carbocycles. The number of amides is 2. The van der Waals surface area contributed by atoms with Crippen LogP contribution < -0.4 is 15.4 Å². The summed E-state index contributed by atoms with van der Waals surface area (Å²) >= 11 is 0. The van der Waals surface area contributed by atoms with Crippen molar-refractivity contribution < 1.29 is 14.3 Å². The van der Waals surface area contributed by atoms with Gasteiger partial charge in [-0.05, 0) is 48.4 Å². The van der Waals surface area contributed by atoms with E-state index in [4.69, 9.17) is 4.74 Å². The lowest BCUT2D eigenvalue weighted by atomic mass is 9.52. The number of benzene rings is 1. The lowest BCUT2D eigenvalue weighted by Gasteiger charge is -2.59. The zero-order chi connectivity index (χ0) is 20.1. The summed E-state index contributed by atoms with van der Waals surface area (Å²) in [5.41, 5.74) is 0.643. The second kappa shape index (κ2) is 6.58. The van der Waals surface area contributed by atoms with Gasteiger partial charge in [-0.1, -0.05) is 25.1 Å². The molecule has 150 valence electrons. The first-order valence-electron chi connectivity index (χ1n) is 10.3. The van der Waals surface area contributed by atoms with E-state index in [1.165, 1.54) is 0 Å². The summed E-state index contributed by atoms with van der Waals surface area (Å²) in [6.45, 7) is 2.64. The van der Waals surface area contributed by atoms with E-state index in [0.717, 1.165) is 24.8 Å². The van der Waals surface area contributed by atoms with Crippen LogP contribution in [0.2, 0.25) is 0 Å². The van der Waals surface area contributed by atoms with Crippen molar-refractivity contribution in [3.63, 3.8) is 0 Å². The van der Waals surface area contributed by atoms with E-state index in [-0.39, 0.29) is 29.1 Å². The van der Waals surface area contributed by atoms with Gasteiger partial charge in [-0.3, -0.25) is 14.6 Å². The van der Waals surface area contributed by atoms with Crippen molar-refractivity contribution in [1.29, 1.82) is 0 Å². The van der Waals surface area contributed by atoms with E-state index in [9.17, 15) is 9.59 Å². The van der Waals surface area contributed by atoms with Crippen LogP contribution in [0.15, 0.2) is 48.8 Å². The van der Waals surface area contributed by atoms with Gasteiger partial charge in [0.1, 0.15) is 5.75 Å². The number of ether oxygens (including phenoxy) is 1. The molecule has 4 atom stereocenters. The highest BCUT2D eigenvalue weighted by molar-refractivity contribution is 5.98. The Morgan fingerprint density at radius 2 is 2.17 bits per heavy atom. The summed E-state index contributed by atoms with van der Waals surface area (Å²) in [4.78, 5) is 29.9. The van der Waals surface area contributed by atoms with Crippen LogP contribution in [-0.4, -0.2) is 22.5 Å². The molecule has 4 unspecified atom stereocenters. The molecule has 6 heteroatoms. The van der Waals surface area contributed by atoms with Crippen LogP contribution in [0.3, 0.4) is 0 Å². The van der Waals surface area contributed by atoms with E-state index >= 15 is 0 Å². The second-order valence-corrected chi connectivity index (χ2v) is 8.88. The van der Waals surface area contributed by atoms with Crippen molar-refractivity contribution in [2.75, 3.05) is 0 Å². The SMILES string of the molecule is CC12CCC(CC1C(=O)NCc1cccnc1)C1(C2)NC(=O)c2ccccc2O1. The highest BCUT2D eigenvalue weighted by Gasteiger charge is 2.61. The molecule has 0 saturated heterocycles. The molecular formula is C23H25N3O3. The summed E-state index contributed by atoms with van der Waals surface area (Å²) in [6.07, 6.45) is 6.78. The molecule has 4 aliphatic rings. The second-order valence-electron chi connectivity index (χ2n) is 8.88. The first-order valence-corrected chi connectivity index (χ1v) is 10.3. The Morgan fingerprint density at radius 1 is 1.31 bits per heavy atom. The molecule has 1 aromatic carbocycles. The van der Waals surface area contributed by atoms with Crippen LogP contribution in [0.1, 0.15) is 48.5 Å². The van der Waals surface area contributed by atoms with Crippen molar-refractivity contribution in [3.05, 3.63) is 59.9 Å². The molecule has 3 aliphatic carbocycles. The molecule has 3 fully saturated rings. The topological polar surface area (TPSA) is 80.3 Å². The van der Waals surface area contributed by atoms with Crippen molar-refractivity contribution in [1.82, 2.24) is 15.6 Å². The van der Waals surface area contributed by atoms with Crippen LogP contribution in [0.4, 0.5) is 0 Å². The number of rotatable bonds is 3. The number of fused-ring (bicyclic) bond motifs is 3. The number of aromatic nitrogens is 1. The highest BCUT2D eigenvalue weighted by atomic mass is 16.5. The van der Waals surface area contributed by atoms with Crippen molar-refractivity contribution in [2.45, 2.75) is 44.9 Å². The molecule has 6 rings (SSSR count). The van der Waals surface area contributed by atoms with Gasteiger partial charge in [-0.15, -0.1) is 0 Å². The zero-order valence-corrected chi connectivity index (χ0v) is 16.5. The van der Waals surface area contributed by atoms with Crippen LogP contribution >= 0.6 is 0 Å². The van der Waals surface area contributed by atoms with Gasteiger partial charge in [-0.25, -0.2) is 0 Å². The van der Waals surface area contributed by atoms with Gasteiger partial charge in [0, 0.05) is 37.2 Å². The fraction of sp³-hybridized carbons (Fsp3) is 0.435. The number of carbonyl (C=O) groups is 2. The molecule has 2 amide bonds. The Balaban J connectivity index is 1.35. The molecule has 2 bridgehead atoms. The molecular weight excluding hydrogens is 366 g/mol. The summed E-state index contributed by atoms with van der Waals surface area (Å²) in [5.74, 6) is 0.681. The maximum Gasteiger partial charge on any atom is 0.258 e. The molecule has 6 nitrogen and oxygen atoms in total. The lowest BCUT2D eigenvalue weighted by Crippen LogP contribution is -2.69. The van der Waals surface area contributed by atoms with E-state index < -0.39 is 5.72 Å². The van der Waals surface area contributed by atoms with Crippen molar-refractivity contribution >= 4 is 11.8 Å². The van der Waals surface area contributed by atoms with Gasteiger partial charge in [0.25, 0.3) is 5.91 Å². The standard InChI is InChI=1S/C23H25N3O3/c1-22-9-8-16(11-18(22)21(28)25-13-15-5-4-10-24-12-15)23(14-22)26-20(27)17-6-2-3-7-19(17)29-23/h2-7,10,12,16,18H,8-9,11,13-14H2,1H3,(H,25,28)(H,26,27). The quantitative estimate of drug-likeness (QED) is 0.843. The predicted molar refractivity (Wildman–Crippen MR) is 107 cm³/mol. The van der Waals surface area contributed by atoms with Gasteiger partial charge in [0.2, 0.25) is 5.91 Å². The average molecular weight is 391 g/mol. The third kappa shape index (κ3) is 2.98. The van der Waals surface area contributed by atoms with Gasteiger partial charge >= 0.3 is 0 Å². The molecule has 1 aromatic heterocycles. The predicted octanol–water partition coefficient (Wildman–Crippen LogP) is 3.04. The van der Waals surface area contributed by atoms with E-state index in [0.29, 0.717) is 24.3 Å². The minimum Gasteiger partial charge on any atom is -0.467 e. The number of pyridine rings is 1. The molecule has 1 aliphatic heterocycles. The first kappa shape index (κ1) is 18.2. The summed E-state index contributed by atoms with van der Waals surface area (Å²) < 4.78 is 6.42. The average Bonchev–Trinajstić information content (AvgIpc) is 2.72. The summed E-state index contributed by atoms with van der Waals surface area (Å²) in [5, 5.41) is 6.25. The smallest absolute Gasteiger partial charge is 0.258 e. The van der Waals surface area contributed by atoms with Gasteiger partial charge in [0.05, 0.1) is 5.56 Å². The van der Waals surface area contributed by atoms with Gasteiger partial charge < -0.3 is 15.4 Å². The number of hydrogen-bond donors (Lipinski definition) is 2.